The van der Waals surface area contributed by atoms with Crippen LogP contribution in [0.25, 0.3) is 10.9 Å². The number of nitrogens with one attached hydrogen (secondary N) is 1. The van der Waals surface area contributed by atoms with Gasteiger partial charge in [0.25, 0.3) is 11.5 Å². The highest BCUT2D eigenvalue weighted by molar-refractivity contribution is 6.06. The van der Waals surface area contributed by atoms with Crippen molar-refractivity contribution in [3.05, 3.63) is 88.2 Å². The Morgan fingerprint density at radius 1 is 1.03 bits per heavy atom. The van der Waals surface area contributed by atoms with Crippen molar-refractivity contribution >= 4 is 16.8 Å². The lowest BCUT2D eigenvalue weighted by molar-refractivity contribution is 0.0942. The molecule has 0 saturated heterocycles. The Bertz CT molecular complexity index is 1330. The van der Waals surface area contributed by atoms with Crippen LogP contribution in [0.3, 0.4) is 0 Å². The standard InChI is InChI=1S/C24H24N4O4/c1-27-10-9-25-23(27)22(15-11-16(31-3)13-17(12-15)32-4)26-24(30)19-14-21(29)28(2)20-8-6-5-7-18(19)20/h5-14,22H,1-4H3,(H,26,30). The van der Waals surface area contributed by atoms with E-state index in [1.807, 2.05) is 48.0 Å². The molecule has 1 atom stereocenters. The summed E-state index contributed by atoms with van der Waals surface area (Å²) in [4.78, 5) is 30.4. The van der Waals surface area contributed by atoms with E-state index in [4.69, 9.17) is 9.47 Å². The number of fused-ring (bicyclic) bond motifs is 1. The highest BCUT2D eigenvalue weighted by Gasteiger charge is 2.24. The van der Waals surface area contributed by atoms with Crippen molar-refractivity contribution in [1.82, 2.24) is 19.4 Å². The third kappa shape index (κ3) is 3.82. The van der Waals surface area contributed by atoms with Gasteiger partial charge in [0.05, 0.1) is 25.3 Å². The predicted octanol–water partition coefficient (Wildman–Crippen LogP) is 2.81. The zero-order chi connectivity index (χ0) is 22.8. The summed E-state index contributed by atoms with van der Waals surface area (Å²) in [5.74, 6) is 1.43. The molecule has 0 radical (unpaired) electrons. The van der Waals surface area contributed by atoms with E-state index in [1.165, 1.54) is 10.6 Å². The van der Waals surface area contributed by atoms with Crippen molar-refractivity contribution in [3.63, 3.8) is 0 Å². The molecule has 8 heteroatoms. The molecule has 2 aromatic heterocycles. The van der Waals surface area contributed by atoms with Crippen LogP contribution in [0, 0.1) is 0 Å². The summed E-state index contributed by atoms with van der Waals surface area (Å²) in [5, 5.41) is 3.74. The number of aryl methyl sites for hydroxylation is 2. The van der Waals surface area contributed by atoms with E-state index < -0.39 is 6.04 Å². The van der Waals surface area contributed by atoms with Crippen molar-refractivity contribution in [2.75, 3.05) is 14.2 Å². The van der Waals surface area contributed by atoms with Crippen LogP contribution in [0.2, 0.25) is 0 Å². The number of carbonyl (C=O) groups excluding carboxylic acids is 1. The van der Waals surface area contributed by atoms with Gasteiger partial charge in [0.2, 0.25) is 0 Å². The summed E-state index contributed by atoms with van der Waals surface area (Å²) in [6.07, 6.45) is 3.47. The van der Waals surface area contributed by atoms with E-state index in [2.05, 4.69) is 10.3 Å². The van der Waals surface area contributed by atoms with E-state index in [1.54, 1.807) is 39.7 Å². The summed E-state index contributed by atoms with van der Waals surface area (Å²) in [6, 6.07) is 13.5. The quantitative estimate of drug-likeness (QED) is 0.506. The first-order valence-corrected chi connectivity index (χ1v) is 10.0. The maximum Gasteiger partial charge on any atom is 0.253 e. The third-order valence-electron chi connectivity index (χ3n) is 5.50. The fourth-order valence-corrected chi connectivity index (χ4v) is 3.76. The maximum atomic E-state index is 13.5. The minimum Gasteiger partial charge on any atom is -0.497 e. The summed E-state index contributed by atoms with van der Waals surface area (Å²) < 4.78 is 14.2. The van der Waals surface area contributed by atoms with E-state index >= 15 is 0 Å². The molecule has 2 heterocycles. The molecule has 1 amide bonds. The first-order chi connectivity index (χ1) is 15.4. The van der Waals surface area contributed by atoms with Gasteiger partial charge in [-0.3, -0.25) is 9.59 Å². The molecular weight excluding hydrogens is 408 g/mol. The Kier molecular flexibility index (Phi) is 5.68. The van der Waals surface area contributed by atoms with Gasteiger partial charge < -0.3 is 23.9 Å². The van der Waals surface area contributed by atoms with Gasteiger partial charge >= 0.3 is 0 Å². The Morgan fingerprint density at radius 3 is 2.34 bits per heavy atom. The number of nitrogens with zero attached hydrogens (tertiary/aromatic N) is 3. The number of benzene rings is 2. The number of rotatable bonds is 6. The van der Waals surface area contributed by atoms with Gasteiger partial charge in [-0.15, -0.1) is 0 Å². The molecule has 164 valence electrons. The Morgan fingerprint density at radius 2 is 1.72 bits per heavy atom. The lowest BCUT2D eigenvalue weighted by Gasteiger charge is -2.21. The van der Waals surface area contributed by atoms with Crippen molar-refractivity contribution in [3.8, 4) is 11.5 Å². The molecule has 0 bridgehead atoms. The Balaban J connectivity index is 1.83. The number of para-hydroxylation sites is 1. The predicted molar refractivity (Wildman–Crippen MR) is 121 cm³/mol. The molecule has 8 nitrogen and oxygen atoms in total. The normalized spacial score (nSPS) is 11.9. The second-order valence-electron chi connectivity index (χ2n) is 7.42. The SMILES string of the molecule is COc1cc(OC)cc(C(NC(=O)c2cc(=O)n(C)c3ccccc23)c2nccn2C)c1. The molecule has 1 unspecified atom stereocenters. The van der Waals surface area contributed by atoms with Crippen molar-refractivity contribution in [2.45, 2.75) is 6.04 Å². The van der Waals surface area contributed by atoms with Crippen molar-refractivity contribution in [1.29, 1.82) is 0 Å². The smallest absolute Gasteiger partial charge is 0.253 e. The van der Waals surface area contributed by atoms with Gasteiger partial charge in [-0.05, 0) is 23.8 Å². The lowest BCUT2D eigenvalue weighted by Crippen LogP contribution is -2.32. The molecule has 0 spiro atoms. The molecule has 0 aliphatic carbocycles. The van der Waals surface area contributed by atoms with Gasteiger partial charge in [-0.25, -0.2) is 4.98 Å². The number of hydrogen-bond acceptors (Lipinski definition) is 5. The minimum absolute atomic E-state index is 0.259. The van der Waals surface area contributed by atoms with Crippen LogP contribution in [-0.4, -0.2) is 34.2 Å². The van der Waals surface area contributed by atoms with Crippen LogP contribution in [-0.2, 0) is 14.1 Å². The molecule has 4 rings (SSSR count). The van der Waals surface area contributed by atoms with Gasteiger partial charge in [0.15, 0.2) is 0 Å². The molecule has 0 aliphatic heterocycles. The van der Waals surface area contributed by atoms with Gasteiger partial charge in [0.1, 0.15) is 23.4 Å². The highest BCUT2D eigenvalue weighted by Crippen LogP contribution is 2.30. The van der Waals surface area contributed by atoms with E-state index in [9.17, 15) is 9.59 Å². The van der Waals surface area contributed by atoms with Crippen LogP contribution in [0.4, 0.5) is 0 Å². The first kappa shape index (κ1) is 21.2. The fourth-order valence-electron chi connectivity index (χ4n) is 3.76. The Hall–Kier alpha value is -4.07. The second-order valence-corrected chi connectivity index (χ2v) is 7.42. The zero-order valence-corrected chi connectivity index (χ0v) is 18.3. The van der Waals surface area contributed by atoms with Gasteiger partial charge in [-0.1, -0.05) is 18.2 Å². The van der Waals surface area contributed by atoms with E-state index in [0.29, 0.717) is 33.8 Å². The van der Waals surface area contributed by atoms with Crippen molar-refractivity contribution < 1.29 is 14.3 Å². The van der Waals surface area contributed by atoms with Crippen LogP contribution in [0.15, 0.2) is 65.7 Å². The molecule has 32 heavy (non-hydrogen) atoms. The largest absolute Gasteiger partial charge is 0.497 e. The minimum atomic E-state index is -0.602. The molecule has 2 aromatic carbocycles. The average molecular weight is 432 g/mol. The number of pyridine rings is 1. The molecule has 4 aromatic rings. The maximum absolute atomic E-state index is 13.5. The van der Waals surface area contributed by atoms with Crippen LogP contribution in [0.5, 0.6) is 11.5 Å². The van der Waals surface area contributed by atoms with Crippen molar-refractivity contribution in [2.24, 2.45) is 14.1 Å². The fraction of sp³-hybridized carbons (Fsp3) is 0.208. The van der Waals surface area contributed by atoms with Crippen LogP contribution in [0.1, 0.15) is 27.8 Å². The number of hydrogen-bond donors (Lipinski definition) is 1. The van der Waals surface area contributed by atoms with E-state index in [-0.39, 0.29) is 11.5 Å². The molecular formula is C24H24N4O4. The van der Waals surface area contributed by atoms with Crippen LogP contribution < -0.4 is 20.3 Å². The molecule has 0 saturated carbocycles. The summed E-state index contributed by atoms with van der Waals surface area (Å²) >= 11 is 0. The Labute approximate surface area is 185 Å². The summed E-state index contributed by atoms with van der Waals surface area (Å²) in [6.45, 7) is 0. The monoisotopic (exact) mass is 432 g/mol. The molecule has 0 aliphatic rings. The molecule has 1 N–H and O–H groups in total. The van der Waals surface area contributed by atoms with Gasteiger partial charge in [0, 0.05) is 44.0 Å². The number of methoxy groups -OCH3 is 2. The number of aromatic nitrogens is 3. The number of ether oxygens (including phenoxy) is 2. The number of amides is 1. The first-order valence-electron chi connectivity index (χ1n) is 10.0. The number of imidazole rings is 1. The lowest BCUT2D eigenvalue weighted by atomic mass is 10.0. The second kappa shape index (κ2) is 8.58. The topological polar surface area (TPSA) is 87.4 Å². The van der Waals surface area contributed by atoms with Gasteiger partial charge in [-0.2, -0.15) is 0 Å². The number of carbonyl (C=O) groups is 1. The van der Waals surface area contributed by atoms with Crippen LogP contribution >= 0.6 is 0 Å². The summed E-state index contributed by atoms with van der Waals surface area (Å²) in [5.41, 5.74) is 1.46. The zero-order valence-electron chi connectivity index (χ0n) is 18.3. The van der Waals surface area contributed by atoms with E-state index in [0.717, 1.165) is 5.56 Å². The summed E-state index contributed by atoms with van der Waals surface area (Å²) in [7, 11) is 6.68. The average Bonchev–Trinajstić information content (AvgIpc) is 3.24. The third-order valence-corrected chi connectivity index (χ3v) is 5.50. The highest BCUT2D eigenvalue weighted by atomic mass is 16.5. The molecule has 0 fully saturated rings.